The Balaban J connectivity index is 2.04. The van der Waals surface area contributed by atoms with Gasteiger partial charge in [-0.1, -0.05) is 66.2 Å². The van der Waals surface area contributed by atoms with Crippen LogP contribution >= 0.6 is 11.6 Å². The summed E-state index contributed by atoms with van der Waals surface area (Å²) in [7, 11) is -4.14. The quantitative estimate of drug-likeness (QED) is 0.423. The number of nitrogens with one attached hydrogen (secondary N) is 1. The molecule has 3 rings (SSSR count). The predicted molar refractivity (Wildman–Crippen MR) is 142 cm³/mol. The van der Waals surface area contributed by atoms with Gasteiger partial charge in [0.1, 0.15) is 12.6 Å². The Morgan fingerprint density at radius 1 is 0.944 bits per heavy atom. The van der Waals surface area contributed by atoms with Gasteiger partial charge in [0, 0.05) is 13.1 Å². The van der Waals surface area contributed by atoms with Crippen LogP contribution in [0.3, 0.4) is 0 Å². The summed E-state index contributed by atoms with van der Waals surface area (Å²) in [6.45, 7) is 5.37. The summed E-state index contributed by atoms with van der Waals surface area (Å²) in [5, 5.41) is 2.93. The van der Waals surface area contributed by atoms with E-state index in [-0.39, 0.29) is 28.1 Å². The number of carbonyl (C=O) groups is 2. The molecule has 190 valence electrons. The summed E-state index contributed by atoms with van der Waals surface area (Å²) in [5.74, 6) is -0.855. The third-order valence-corrected chi connectivity index (χ3v) is 7.95. The van der Waals surface area contributed by atoms with Crippen LogP contribution in [0.2, 0.25) is 5.02 Å². The van der Waals surface area contributed by atoms with Crippen molar-refractivity contribution < 1.29 is 18.0 Å². The number of halogens is 1. The van der Waals surface area contributed by atoms with Crippen molar-refractivity contribution in [1.82, 2.24) is 10.2 Å². The van der Waals surface area contributed by atoms with Crippen molar-refractivity contribution in [3.63, 3.8) is 0 Å². The largest absolute Gasteiger partial charge is 0.355 e. The maximum atomic E-state index is 13.8. The van der Waals surface area contributed by atoms with Gasteiger partial charge in [-0.15, -0.1) is 0 Å². The van der Waals surface area contributed by atoms with Crippen LogP contribution in [-0.4, -0.2) is 44.3 Å². The number of nitrogens with zero attached hydrogens (tertiary/aromatic N) is 2. The lowest BCUT2D eigenvalue weighted by Gasteiger charge is -2.32. The zero-order valence-corrected chi connectivity index (χ0v) is 22.1. The first-order chi connectivity index (χ1) is 17.2. The van der Waals surface area contributed by atoms with Crippen LogP contribution in [0, 0.1) is 6.92 Å². The molecule has 0 bridgehead atoms. The highest BCUT2D eigenvalue weighted by Gasteiger charge is 2.33. The Bertz CT molecular complexity index is 1320. The van der Waals surface area contributed by atoms with Gasteiger partial charge < -0.3 is 10.2 Å². The predicted octanol–water partition coefficient (Wildman–Crippen LogP) is 4.40. The number of benzene rings is 3. The molecule has 0 aromatic heterocycles. The van der Waals surface area contributed by atoms with Gasteiger partial charge in [-0.3, -0.25) is 13.9 Å². The second-order valence-corrected chi connectivity index (χ2v) is 10.6. The van der Waals surface area contributed by atoms with Crippen LogP contribution in [-0.2, 0) is 26.2 Å². The van der Waals surface area contributed by atoms with Gasteiger partial charge >= 0.3 is 0 Å². The van der Waals surface area contributed by atoms with Crippen molar-refractivity contribution in [2.45, 2.75) is 38.3 Å². The first kappa shape index (κ1) is 27.2. The van der Waals surface area contributed by atoms with E-state index in [1.165, 1.54) is 17.0 Å². The van der Waals surface area contributed by atoms with E-state index < -0.39 is 28.5 Å². The molecule has 0 spiro atoms. The number of anilines is 1. The van der Waals surface area contributed by atoms with Gasteiger partial charge in [-0.25, -0.2) is 8.42 Å². The van der Waals surface area contributed by atoms with E-state index in [0.29, 0.717) is 6.54 Å². The summed E-state index contributed by atoms with van der Waals surface area (Å²) in [4.78, 5) is 27.9. The summed E-state index contributed by atoms with van der Waals surface area (Å²) in [6, 6.07) is 21.0. The molecule has 2 amide bonds. The van der Waals surface area contributed by atoms with Gasteiger partial charge in [-0.2, -0.15) is 0 Å². The Morgan fingerprint density at radius 3 is 2.19 bits per heavy atom. The van der Waals surface area contributed by atoms with Crippen LogP contribution in [0.4, 0.5) is 5.69 Å². The van der Waals surface area contributed by atoms with E-state index in [2.05, 4.69) is 5.32 Å². The average Bonchev–Trinajstić information content (AvgIpc) is 2.87. The molecule has 1 N–H and O–H groups in total. The number of carbonyl (C=O) groups excluding carboxylic acids is 2. The fourth-order valence-electron chi connectivity index (χ4n) is 3.76. The molecule has 0 heterocycles. The van der Waals surface area contributed by atoms with Crippen molar-refractivity contribution >= 4 is 39.1 Å². The number of hydrogen-bond acceptors (Lipinski definition) is 4. The van der Waals surface area contributed by atoms with Crippen LogP contribution in [0.5, 0.6) is 0 Å². The van der Waals surface area contributed by atoms with Crippen molar-refractivity contribution in [3.05, 3.63) is 95.0 Å². The molecule has 0 fully saturated rings. The van der Waals surface area contributed by atoms with Crippen LogP contribution < -0.4 is 9.62 Å². The van der Waals surface area contributed by atoms with Gasteiger partial charge in [-0.05, 0) is 56.2 Å². The number of rotatable bonds is 10. The van der Waals surface area contributed by atoms with Crippen LogP contribution in [0.25, 0.3) is 0 Å². The van der Waals surface area contributed by atoms with Crippen molar-refractivity contribution in [2.24, 2.45) is 0 Å². The monoisotopic (exact) mass is 527 g/mol. The lowest BCUT2D eigenvalue weighted by molar-refractivity contribution is -0.139. The van der Waals surface area contributed by atoms with Crippen molar-refractivity contribution in [2.75, 3.05) is 17.4 Å². The number of sulfonamides is 1. The maximum Gasteiger partial charge on any atom is 0.264 e. The highest BCUT2D eigenvalue weighted by Crippen LogP contribution is 2.30. The Kier molecular flexibility index (Phi) is 9.12. The van der Waals surface area contributed by atoms with E-state index in [1.807, 2.05) is 31.2 Å². The highest BCUT2D eigenvalue weighted by molar-refractivity contribution is 7.92. The Morgan fingerprint density at radius 2 is 1.56 bits per heavy atom. The van der Waals surface area contributed by atoms with Gasteiger partial charge in [0.2, 0.25) is 11.8 Å². The SMILES string of the molecule is CCNC(=O)[C@H](C)N(Cc1ccccc1C)C(=O)CN(c1ccccc1Cl)S(=O)(=O)c1ccccc1. The summed E-state index contributed by atoms with van der Waals surface area (Å²) >= 11 is 6.39. The summed E-state index contributed by atoms with van der Waals surface area (Å²) in [6.07, 6.45) is 0. The van der Waals surface area contributed by atoms with Crippen molar-refractivity contribution in [3.8, 4) is 0 Å². The average molecular weight is 528 g/mol. The van der Waals surface area contributed by atoms with Gasteiger partial charge in [0.25, 0.3) is 10.0 Å². The lowest BCUT2D eigenvalue weighted by Crippen LogP contribution is -2.51. The topological polar surface area (TPSA) is 86.8 Å². The standard InChI is InChI=1S/C27H30ClN3O4S/c1-4-29-27(33)21(3)30(18-22-13-9-8-12-20(22)2)26(32)19-31(25-17-11-10-16-24(25)28)36(34,35)23-14-6-5-7-15-23/h5-17,21H,4,18-19H2,1-3H3,(H,29,33)/t21-/m0/s1. The molecule has 0 aliphatic rings. The lowest BCUT2D eigenvalue weighted by atomic mass is 10.1. The molecule has 0 unspecified atom stereocenters. The number of likely N-dealkylation sites (N-methyl/N-ethyl adjacent to an activating group) is 1. The third-order valence-electron chi connectivity index (χ3n) is 5.85. The maximum absolute atomic E-state index is 13.8. The molecular formula is C27H30ClN3O4S. The summed E-state index contributed by atoms with van der Waals surface area (Å²) in [5.41, 5.74) is 1.99. The fourth-order valence-corrected chi connectivity index (χ4v) is 5.50. The molecule has 0 aliphatic carbocycles. The van der Waals surface area contributed by atoms with E-state index in [9.17, 15) is 18.0 Å². The molecule has 3 aromatic rings. The summed E-state index contributed by atoms with van der Waals surface area (Å²) < 4.78 is 28.4. The van der Waals surface area contributed by atoms with Crippen LogP contribution in [0.1, 0.15) is 25.0 Å². The van der Waals surface area contributed by atoms with E-state index in [1.54, 1.807) is 56.3 Å². The minimum Gasteiger partial charge on any atom is -0.355 e. The molecule has 0 radical (unpaired) electrons. The number of amides is 2. The number of hydrogen-bond donors (Lipinski definition) is 1. The van der Waals surface area contributed by atoms with Crippen LogP contribution in [0.15, 0.2) is 83.8 Å². The third kappa shape index (κ3) is 6.25. The Hall–Kier alpha value is -3.36. The second kappa shape index (κ2) is 12.1. The molecule has 0 saturated heterocycles. The Labute approximate surface area is 217 Å². The highest BCUT2D eigenvalue weighted by atomic mass is 35.5. The van der Waals surface area contributed by atoms with Gasteiger partial charge in [0.05, 0.1) is 15.6 Å². The normalized spacial score (nSPS) is 12.0. The first-order valence-electron chi connectivity index (χ1n) is 11.6. The molecule has 0 saturated carbocycles. The molecule has 0 aliphatic heterocycles. The first-order valence-corrected chi connectivity index (χ1v) is 13.4. The minimum atomic E-state index is -4.14. The molecule has 1 atom stereocenters. The molecule has 9 heteroatoms. The van der Waals surface area contributed by atoms with Gasteiger partial charge in [0.15, 0.2) is 0 Å². The van der Waals surface area contributed by atoms with E-state index in [4.69, 9.17) is 11.6 Å². The van der Waals surface area contributed by atoms with E-state index in [0.717, 1.165) is 15.4 Å². The van der Waals surface area contributed by atoms with Crippen molar-refractivity contribution in [1.29, 1.82) is 0 Å². The number of para-hydroxylation sites is 1. The zero-order valence-electron chi connectivity index (χ0n) is 20.5. The fraction of sp³-hybridized carbons (Fsp3) is 0.259. The molecular weight excluding hydrogens is 498 g/mol. The minimum absolute atomic E-state index is 0.0277. The molecule has 3 aromatic carbocycles. The smallest absolute Gasteiger partial charge is 0.264 e. The molecule has 36 heavy (non-hydrogen) atoms. The van der Waals surface area contributed by atoms with E-state index >= 15 is 0 Å². The zero-order chi connectivity index (χ0) is 26.3. The number of aryl methyl sites for hydroxylation is 1. The second-order valence-electron chi connectivity index (χ2n) is 8.29. The molecule has 7 nitrogen and oxygen atoms in total.